The molecule has 92 valence electrons. The minimum Gasteiger partial charge on any atom is -0.306 e. The van der Waals surface area contributed by atoms with Gasteiger partial charge < -0.3 is 4.90 Å². The highest BCUT2D eigenvalue weighted by atomic mass is 32.1. The van der Waals surface area contributed by atoms with E-state index in [2.05, 4.69) is 47.7 Å². The molecule has 3 rings (SSSR count). The van der Waals surface area contributed by atoms with E-state index in [4.69, 9.17) is 0 Å². The Hall–Kier alpha value is -1.37. The summed E-state index contributed by atoms with van der Waals surface area (Å²) in [6.07, 6.45) is 1.89. The largest absolute Gasteiger partial charge is 0.306 e. The quantitative estimate of drug-likeness (QED) is 0.782. The molecular formula is C15H16N2S. The van der Waals surface area contributed by atoms with Crippen molar-refractivity contribution in [3.05, 3.63) is 35.2 Å². The van der Waals surface area contributed by atoms with Crippen molar-refractivity contribution in [1.82, 2.24) is 4.90 Å². The first-order valence-electron chi connectivity index (χ1n) is 6.32. The molecule has 0 radical (unpaired) electrons. The minimum absolute atomic E-state index is 0.272. The van der Waals surface area contributed by atoms with Gasteiger partial charge in [0, 0.05) is 4.70 Å². The van der Waals surface area contributed by atoms with Crippen LogP contribution in [0.25, 0.3) is 10.1 Å². The van der Waals surface area contributed by atoms with E-state index in [-0.39, 0.29) is 5.41 Å². The summed E-state index contributed by atoms with van der Waals surface area (Å²) < 4.78 is 1.29. The normalized spacial score (nSPS) is 19.8. The number of hydrogen-bond acceptors (Lipinski definition) is 3. The van der Waals surface area contributed by atoms with Crippen molar-refractivity contribution in [1.29, 1.82) is 5.26 Å². The Labute approximate surface area is 111 Å². The molecule has 1 aliphatic rings. The summed E-state index contributed by atoms with van der Waals surface area (Å²) >= 11 is 1.76. The fraction of sp³-hybridized carbons (Fsp3) is 0.400. The van der Waals surface area contributed by atoms with Crippen molar-refractivity contribution >= 4 is 21.4 Å². The van der Waals surface area contributed by atoms with Gasteiger partial charge in [0.15, 0.2) is 0 Å². The number of hydrogen-bond donors (Lipinski definition) is 0. The Bertz CT molecular complexity index is 600. The number of nitrogens with zero attached hydrogens (tertiary/aromatic N) is 2. The van der Waals surface area contributed by atoms with Crippen LogP contribution in [0.4, 0.5) is 0 Å². The molecule has 1 fully saturated rings. The van der Waals surface area contributed by atoms with Crippen LogP contribution in [0.5, 0.6) is 0 Å². The van der Waals surface area contributed by atoms with Crippen LogP contribution >= 0.6 is 11.3 Å². The standard InChI is InChI=1S/C15H16N2S/c1-17-8-6-15(11-16,7-9-17)13-10-18-14-5-3-2-4-12(13)14/h2-5,10H,6-9H2,1H3. The number of benzene rings is 1. The Morgan fingerprint density at radius 3 is 2.72 bits per heavy atom. The SMILES string of the molecule is CN1CCC(C#N)(c2csc3ccccc23)CC1. The maximum atomic E-state index is 9.70. The zero-order chi connectivity index (χ0) is 12.6. The molecule has 0 spiro atoms. The van der Waals surface area contributed by atoms with Crippen LogP contribution in [-0.4, -0.2) is 25.0 Å². The van der Waals surface area contributed by atoms with E-state index in [0.29, 0.717) is 0 Å². The fourth-order valence-electron chi connectivity index (χ4n) is 2.79. The van der Waals surface area contributed by atoms with Crippen molar-refractivity contribution in [3.63, 3.8) is 0 Å². The van der Waals surface area contributed by atoms with E-state index in [9.17, 15) is 5.26 Å². The van der Waals surface area contributed by atoms with Crippen LogP contribution in [0.3, 0.4) is 0 Å². The fourth-order valence-corrected chi connectivity index (χ4v) is 3.85. The van der Waals surface area contributed by atoms with Gasteiger partial charge in [-0.15, -0.1) is 11.3 Å². The van der Waals surface area contributed by atoms with Gasteiger partial charge in [-0.05, 0) is 55.4 Å². The second kappa shape index (κ2) is 4.38. The molecule has 0 saturated carbocycles. The van der Waals surface area contributed by atoms with Crippen LogP contribution in [0.15, 0.2) is 29.6 Å². The lowest BCUT2D eigenvalue weighted by atomic mass is 9.74. The average Bonchev–Trinajstić information content (AvgIpc) is 2.85. The highest BCUT2D eigenvalue weighted by molar-refractivity contribution is 7.17. The Kier molecular flexibility index (Phi) is 2.85. The summed E-state index contributed by atoms with van der Waals surface area (Å²) in [6.45, 7) is 2.02. The molecule has 0 N–H and O–H groups in total. The van der Waals surface area contributed by atoms with E-state index in [1.165, 1.54) is 15.6 Å². The minimum atomic E-state index is -0.272. The number of piperidine rings is 1. The van der Waals surface area contributed by atoms with Gasteiger partial charge in [-0.3, -0.25) is 0 Å². The molecule has 3 heteroatoms. The first-order valence-corrected chi connectivity index (χ1v) is 7.20. The highest BCUT2D eigenvalue weighted by Crippen LogP contribution is 2.41. The molecule has 2 heterocycles. The van der Waals surface area contributed by atoms with Gasteiger partial charge in [0.25, 0.3) is 0 Å². The smallest absolute Gasteiger partial charge is 0.0860 e. The maximum absolute atomic E-state index is 9.70. The first-order chi connectivity index (χ1) is 8.75. The lowest BCUT2D eigenvalue weighted by Crippen LogP contribution is -2.39. The van der Waals surface area contributed by atoms with Gasteiger partial charge in [0.1, 0.15) is 0 Å². The number of rotatable bonds is 1. The number of fused-ring (bicyclic) bond motifs is 1. The average molecular weight is 256 g/mol. The van der Waals surface area contributed by atoms with Gasteiger partial charge in [0.2, 0.25) is 0 Å². The third-order valence-electron chi connectivity index (χ3n) is 4.05. The van der Waals surface area contributed by atoms with E-state index in [1.807, 2.05) is 0 Å². The van der Waals surface area contributed by atoms with E-state index in [1.54, 1.807) is 11.3 Å². The summed E-state index contributed by atoms with van der Waals surface area (Å²) in [6, 6.07) is 11.0. The topological polar surface area (TPSA) is 27.0 Å². The number of nitriles is 1. The summed E-state index contributed by atoms with van der Waals surface area (Å²) in [7, 11) is 2.13. The molecule has 0 bridgehead atoms. The molecule has 2 aromatic rings. The van der Waals surface area contributed by atoms with Crippen LogP contribution < -0.4 is 0 Å². The number of likely N-dealkylation sites (tertiary alicyclic amines) is 1. The summed E-state index contributed by atoms with van der Waals surface area (Å²) in [5, 5.41) is 13.2. The molecule has 0 aliphatic carbocycles. The van der Waals surface area contributed by atoms with Crippen LogP contribution in [-0.2, 0) is 5.41 Å². The Morgan fingerprint density at radius 1 is 1.28 bits per heavy atom. The zero-order valence-electron chi connectivity index (χ0n) is 10.5. The predicted molar refractivity (Wildman–Crippen MR) is 75.8 cm³/mol. The molecule has 1 saturated heterocycles. The molecular weight excluding hydrogens is 240 g/mol. The summed E-state index contributed by atoms with van der Waals surface area (Å²) in [5.74, 6) is 0. The van der Waals surface area contributed by atoms with Gasteiger partial charge in [0.05, 0.1) is 11.5 Å². The lowest BCUT2D eigenvalue weighted by Gasteiger charge is -2.35. The van der Waals surface area contributed by atoms with Crippen LogP contribution in [0.1, 0.15) is 18.4 Å². The second-order valence-electron chi connectivity index (χ2n) is 5.14. The molecule has 2 nitrogen and oxygen atoms in total. The van der Waals surface area contributed by atoms with E-state index >= 15 is 0 Å². The van der Waals surface area contributed by atoms with Crippen molar-refractivity contribution in [2.24, 2.45) is 0 Å². The molecule has 1 aromatic heterocycles. The van der Waals surface area contributed by atoms with Crippen molar-refractivity contribution < 1.29 is 0 Å². The predicted octanol–water partition coefficient (Wildman–Crippen LogP) is 3.39. The van der Waals surface area contributed by atoms with E-state index < -0.39 is 0 Å². The molecule has 0 atom stereocenters. The number of thiophene rings is 1. The van der Waals surface area contributed by atoms with Gasteiger partial charge in [-0.25, -0.2) is 0 Å². The highest BCUT2D eigenvalue weighted by Gasteiger charge is 2.37. The molecule has 18 heavy (non-hydrogen) atoms. The summed E-state index contributed by atoms with van der Waals surface area (Å²) in [4.78, 5) is 2.31. The molecule has 0 amide bonds. The molecule has 1 aromatic carbocycles. The van der Waals surface area contributed by atoms with Crippen LogP contribution in [0.2, 0.25) is 0 Å². The van der Waals surface area contributed by atoms with E-state index in [0.717, 1.165) is 25.9 Å². The third-order valence-corrected chi connectivity index (χ3v) is 5.01. The van der Waals surface area contributed by atoms with Gasteiger partial charge in [-0.1, -0.05) is 18.2 Å². The van der Waals surface area contributed by atoms with Crippen molar-refractivity contribution in [3.8, 4) is 6.07 Å². The lowest BCUT2D eigenvalue weighted by molar-refractivity contribution is 0.223. The Morgan fingerprint density at radius 2 is 2.00 bits per heavy atom. The summed E-state index contributed by atoms with van der Waals surface area (Å²) in [5.41, 5.74) is 0.977. The molecule has 0 unspecified atom stereocenters. The molecule has 1 aliphatic heterocycles. The third kappa shape index (κ3) is 1.73. The Balaban J connectivity index is 2.09. The van der Waals surface area contributed by atoms with Crippen molar-refractivity contribution in [2.45, 2.75) is 18.3 Å². The van der Waals surface area contributed by atoms with Gasteiger partial charge in [-0.2, -0.15) is 5.26 Å². The second-order valence-corrected chi connectivity index (χ2v) is 6.05. The maximum Gasteiger partial charge on any atom is 0.0860 e. The monoisotopic (exact) mass is 256 g/mol. The van der Waals surface area contributed by atoms with Crippen LogP contribution in [0, 0.1) is 11.3 Å². The van der Waals surface area contributed by atoms with Crippen molar-refractivity contribution in [2.75, 3.05) is 20.1 Å². The first kappa shape index (κ1) is 11.7. The zero-order valence-corrected chi connectivity index (χ0v) is 11.3. The van der Waals surface area contributed by atoms with Gasteiger partial charge >= 0.3 is 0 Å².